The molecule has 0 spiro atoms. The molecule has 0 amide bonds. The van der Waals surface area contributed by atoms with Crippen LogP contribution in [0.4, 0.5) is 10.1 Å². The molecule has 1 rings (SSSR count). The Morgan fingerprint density at radius 1 is 0.649 bits per heavy atom. The van der Waals surface area contributed by atoms with Crippen LogP contribution in [0.15, 0.2) is 29.2 Å². The number of halogens is 1. The van der Waals surface area contributed by atoms with Crippen molar-refractivity contribution < 1.29 is 12.8 Å². The van der Waals surface area contributed by atoms with Gasteiger partial charge in [-0.1, -0.05) is 142 Å². The quantitative estimate of drug-likeness (QED) is 0.0735. The average molecular weight is 541 g/mol. The molecule has 1 aromatic carbocycles. The van der Waals surface area contributed by atoms with E-state index in [9.17, 15) is 8.42 Å². The fourth-order valence-electron chi connectivity index (χ4n) is 5.16. The lowest BCUT2D eigenvalue weighted by Gasteiger charge is -2.27. The first-order valence-corrected chi connectivity index (χ1v) is 16.9. The third-order valence-corrected chi connectivity index (χ3v) is 9.93. The molecule has 0 bridgehead atoms. The minimum atomic E-state index is -4.16. The number of nitrogens with two attached hydrogens (primary N) is 1. The second kappa shape index (κ2) is 20.8. The van der Waals surface area contributed by atoms with Gasteiger partial charge in [-0.3, -0.25) is 5.84 Å². The summed E-state index contributed by atoms with van der Waals surface area (Å²) >= 11 is 0. The summed E-state index contributed by atoms with van der Waals surface area (Å²) in [4.78, 5) is -0.0329. The number of para-hydroxylation sites is 1. The van der Waals surface area contributed by atoms with E-state index in [1.54, 1.807) is 18.2 Å². The molecule has 6 heteroatoms. The molecule has 1 atom stereocenters. The Kier molecular flexibility index (Phi) is 19.0. The van der Waals surface area contributed by atoms with E-state index in [1.165, 1.54) is 76.7 Å². The third kappa shape index (κ3) is 13.5. The summed E-state index contributed by atoms with van der Waals surface area (Å²) in [5.74, 6) is 5.54. The predicted molar refractivity (Wildman–Crippen MR) is 158 cm³/mol. The van der Waals surface area contributed by atoms with Crippen LogP contribution >= 0.6 is 0 Å². The first kappa shape index (κ1) is 33.9. The van der Waals surface area contributed by atoms with Gasteiger partial charge < -0.3 is 5.43 Å². The van der Waals surface area contributed by atoms with Crippen molar-refractivity contribution in [3.63, 3.8) is 0 Å². The van der Waals surface area contributed by atoms with E-state index in [2.05, 4.69) is 19.3 Å². The second-order valence-corrected chi connectivity index (χ2v) is 13.1. The Morgan fingerprint density at radius 3 is 1.38 bits per heavy atom. The van der Waals surface area contributed by atoms with Crippen LogP contribution in [0, 0.1) is 0 Å². The van der Waals surface area contributed by atoms with E-state index in [4.69, 9.17) is 5.84 Å². The number of alkyl halides is 1. The Labute approximate surface area is 228 Å². The normalized spacial score (nSPS) is 13.5. The second-order valence-electron chi connectivity index (χ2n) is 10.9. The van der Waals surface area contributed by atoms with Crippen molar-refractivity contribution in [2.24, 2.45) is 5.84 Å². The number of unbranched alkanes of at least 4 members (excludes halogenated alkanes) is 18. The summed E-state index contributed by atoms with van der Waals surface area (Å²) in [6.07, 6.45) is 23.2. The van der Waals surface area contributed by atoms with Gasteiger partial charge in [-0.2, -0.15) is 0 Å². The molecule has 0 saturated carbocycles. The van der Waals surface area contributed by atoms with E-state index in [1.807, 2.05) is 0 Å². The summed E-state index contributed by atoms with van der Waals surface area (Å²) in [6.45, 7) is 4.40. The van der Waals surface area contributed by atoms with Gasteiger partial charge in [-0.15, -0.1) is 0 Å². The molecule has 1 aromatic rings. The van der Waals surface area contributed by atoms with Crippen LogP contribution in [-0.2, 0) is 9.84 Å². The van der Waals surface area contributed by atoms with E-state index >= 15 is 4.39 Å². The van der Waals surface area contributed by atoms with Gasteiger partial charge >= 0.3 is 0 Å². The van der Waals surface area contributed by atoms with Crippen LogP contribution in [0.2, 0.25) is 0 Å². The van der Waals surface area contributed by atoms with Crippen LogP contribution in [0.3, 0.4) is 0 Å². The van der Waals surface area contributed by atoms with Gasteiger partial charge in [0.05, 0.1) is 10.6 Å². The SMILES string of the molecule is CCCCCCCCCCCCCCCCCC(F)(CCCCCCC)S(=O)(=O)c1ccccc1NN. The standard InChI is InChI=1S/C31H57FN2O2S/c1-3-5-7-9-10-11-12-13-14-15-16-17-18-20-24-28-31(32,27-23-19-8-6-4-2)37(35,36)30-26-22-21-25-29(30)34-33/h21-22,25-26,34H,3-20,23-24,27-28,33H2,1-2H3. The summed E-state index contributed by atoms with van der Waals surface area (Å²) in [5.41, 5.74) is 2.69. The maximum absolute atomic E-state index is 16.3. The lowest BCUT2D eigenvalue weighted by Crippen LogP contribution is -2.35. The number of benzene rings is 1. The van der Waals surface area contributed by atoms with E-state index in [0.717, 1.165) is 44.9 Å². The highest BCUT2D eigenvalue weighted by Crippen LogP contribution is 2.39. The Hall–Kier alpha value is -1.14. The summed E-state index contributed by atoms with van der Waals surface area (Å²) < 4.78 is 43.2. The number of anilines is 1. The third-order valence-electron chi connectivity index (χ3n) is 7.62. The van der Waals surface area contributed by atoms with Gasteiger partial charge in [0, 0.05) is 0 Å². The van der Waals surface area contributed by atoms with Crippen molar-refractivity contribution in [1.29, 1.82) is 0 Å². The maximum atomic E-state index is 16.3. The van der Waals surface area contributed by atoms with Crippen molar-refractivity contribution in [1.82, 2.24) is 0 Å². The molecular formula is C31H57FN2O2S. The van der Waals surface area contributed by atoms with Gasteiger partial charge in [0.1, 0.15) is 0 Å². The molecule has 37 heavy (non-hydrogen) atoms. The van der Waals surface area contributed by atoms with Crippen LogP contribution < -0.4 is 11.3 Å². The molecule has 1 unspecified atom stereocenters. The molecule has 0 aromatic heterocycles. The molecule has 0 heterocycles. The summed E-state index contributed by atoms with van der Waals surface area (Å²) in [7, 11) is -4.16. The van der Waals surface area contributed by atoms with Gasteiger partial charge in [-0.05, 0) is 37.8 Å². The van der Waals surface area contributed by atoms with Crippen molar-refractivity contribution in [3.8, 4) is 0 Å². The van der Waals surface area contributed by atoms with E-state index in [0.29, 0.717) is 12.8 Å². The number of nitrogens with one attached hydrogen (secondary N) is 1. The first-order chi connectivity index (χ1) is 17.9. The Balaban J connectivity index is 2.41. The predicted octanol–water partition coefficient (Wildman–Crippen LogP) is 10.0. The minimum absolute atomic E-state index is 0.0329. The topological polar surface area (TPSA) is 72.2 Å². The van der Waals surface area contributed by atoms with Crippen molar-refractivity contribution in [2.45, 2.75) is 165 Å². The smallest absolute Gasteiger partial charge is 0.215 e. The molecule has 0 aliphatic heterocycles. The highest BCUT2D eigenvalue weighted by Gasteiger charge is 2.45. The number of sulfone groups is 1. The molecule has 3 N–H and O–H groups in total. The number of hydrogen-bond acceptors (Lipinski definition) is 4. The molecule has 216 valence electrons. The molecular weight excluding hydrogens is 483 g/mol. The molecule has 0 radical (unpaired) electrons. The van der Waals surface area contributed by atoms with Gasteiger partial charge in [0.15, 0.2) is 0 Å². The Morgan fingerprint density at radius 2 is 1.00 bits per heavy atom. The van der Waals surface area contributed by atoms with Gasteiger partial charge in [0.2, 0.25) is 14.8 Å². The molecule has 0 fully saturated rings. The number of nitrogen functional groups attached to an aromatic ring is 1. The minimum Gasteiger partial charge on any atom is -0.323 e. The largest absolute Gasteiger partial charge is 0.323 e. The maximum Gasteiger partial charge on any atom is 0.215 e. The van der Waals surface area contributed by atoms with E-state index < -0.39 is 14.8 Å². The van der Waals surface area contributed by atoms with Crippen LogP contribution in [-0.4, -0.2) is 13.4 Å². The molecule has 4 nitrogen and oxygen atoms in total. The van der Waals surface area contributed by atoms with Crippen LogP contribution in [0.25, 0.3) is 0 Å². The monoisotopic (exact) mass is 540 g/mol. The number of hydrogen-bond donors (Lipinski definition) is 2. The summed E-state index contributed by atoms with van der Waals surface area (Å²) in [5, 5.41) is -2.25. The zero-order chi connectivity index (χ0) is 27.2. The Bertz CT molecular complexity index is 787. The number of rotatable bonds is 25. The lowest BCUT2D eigenvalue weighted by molar-refractivity contribution is 0.220. The van der Waals surface area contributed by atoms with Crippen LogP contribution in [0.5, 0.6) is 0 Å². The molecule has 0 saturated heterocycles. The van der Waals surface area contributed by atoms with Gasteiger partial charge in [0.25, 0.3) is 0 Å². The molecule has 0 aliphatic carbocycles. The van der Waals surface area contributed by atoms with Crippen molar-refractivity contribution in [2.75, 3.05) is 5.43 Å². The van der Waals surface area contributed by atoms with Crippen molar-refractivity contribution in [3.05, 3.63) is 24.3 Å². The fraction of sp³-hybridized carbons (Fsp3) is 0.806. The molecule has 0 aliphatic rings. The van der Waals surface area contributed by atoms with E-state index in [-0.39, 0.29) is 23.4 Å². The fourth-order valence-corrected chi connectivity index (χ4v) is 7.06. The highest BCUT2D eigenvalue weighted by molar-refractivity contribution is 7.92. The summed E-state index contributed by atoms with van der Waals surface area (Å²) in [6, 6.07) is 6.38. The highest BCUT2D eigenvalue weighted by atomic mass is 32.2. The zero-order valence-electron chi connectivity index (χ0n) is 24.0. The lowest BCUT2D eigenvalue weighted by atomic mass is 10.0. The number of hydrazine groups is 1. The first-order valence-electron chi connectivity index (χ1n) is 15.4. The zero-order valence-corrected chi connectivity index (χ0v) is 24.9. The average Bonchev–Trinajstić information content (AvgIpc) is 2.90. The van der Waals surface area contributed by atoms with Crippen molar-refractivity contribution >= 4 is 15.5 Å². The van der Waals surface area contributed by atoms with Crippen LogP contribution in [0.1, 0.15) is 155 Å². The van der Waals surface area contributed by atoms with Gasteiger partial charge in [-0.25, -0.2) is 12.8 Å².